The SMILES string of the molecule is CCc1c(F)c2ccc(C(C)C)cc2[nH]c1=O. The molecule has 0 unspecified atom stereocenters. The molecule has 0 radical (unpaired) electrons. The maximum atomic E-state index is 14.0. The van der Waals surface area contributed by atoms with E-state index >= 15 is 0 Å². The van der Waals surface area contributed by atoms with E-state index in [0.29, 0.717) is 23.2 Å². The minimum Gasteiger partial charge on any atom is -0.322 e. The molecule has 2 nitrogen and oxygen atoms in total. The number of fused-ring (bicyclic) bond motifs is 1. The third kappa shape index (κ3) is 1.97. The second-order valence-electron chi connectivity index (χ2n) is 4.56. The Kier molecular flexibility index (Phi) is 3.01. The summed E-state index contributed by atoms with van der Waals surface area (Å²) in [6, 6.07) is 5.51. The molecule has 0 fully saturated rings. The van der Waals surface area contributed by atoms with Gasteiger partial charge in [0, 0.05) is 5.39 Å². The fourth-order valence-electron chi connectivity index (χ4n) is 1.99. The van der Waals surface area contributed by atoms with Crippen molar-refractivity contribution >= 4 is 10.9 Å². The van der Waals surface area contributed by atoms with Crippen LogP contribution < -0.4 is 5.56 Å². The molecule has 2 rings (SSSR count). The van der Waals surface area contributed by atoms with Crippen molar-refractivity contribution in [2.45, 2.75) is 33.1 Å². The topological polar surface area (TPSA) is 32.9 Å². The molecule has 0 aliphatic carbocycles. The van der Waals surface area contributed by atoms with Crippen LogP contribution in [-0.2, 0) is 6.42 Å². The number of hydrogen-bond acceptors (Lipinski definition) is 1. The van der Waals surface area contributed by atoms with Gasteiger partial charge in [0.1, 0.15) is 5.82 Å². The zero-order valence-electron chi connectivity index (χ0n) is 10.3. The molecule has 0 atom stereocenters. The Labute approximate surface area is 99.5 Å². The standard InChI is InChI=1S/C14H16FNO/c1-4-10-13(15)11-6-5-9(8(2)3)7-12(11)16-14(10)17/h5-8H,4H2,1-3H3,(H,16,17). The first kappa shape index (κ1) is 11.8. The van der Waals surface area contributed by atoms with Gasteiger partial charge in [0.2, 0.25) is 0 Å². The molecule has 1 aromatic carbocycles. The molecule has 0 aliphatic rings. The van der Waals surface area contributed by atoms with Gasteiger partial charge in [0.15, 0.2) is 0 Å². The Morgan fingerprint density at radius 3 is 2.65 bits per heavy atom. The van der Waals surface area contributed by atoms with E-state index in [0.717, 1.165) is 5.56 Å². The summed E-state index contributed by atoms with van der Waals surface area (Å²) in [5, 5.41) is 0.492. The number of pyridine rings is 1. The number of hydrogen-bond donors (Lipinski definition) is 1. The van der Waals surface area contributed by atoms with Crippen molar-refractivity contribution in [3.8, 4) is 0 Å². The highest BCUT2D eigenvalue weighted by atomic mass is 19.1. The van der Waals surface area contributed by atoms with Gasteiger partial charge < -0.3 is 4.98 Å². The van der Waals surface area contributed by atoms with E-state index in [4.69, 9.17) is 0 Å². The van der Waals surface area contributed by atoms with Crippen LogP contribution in [0.5, 0.6) is 0 Å². The molecular formula is C14H16FNO. The first-order chi connectivity index (χ1) is 8.04. The lowest BCUT2D eigenvalue weighted by Gasteiger charge is -2.08. The van der Waals surface area contributed by atoms with Crippen LogP contribution in [0.25, 0.3) is 10.9 Å². The summed E-state index contributed by atoms with van der Waals surface area (Å²) in [6.45, 7) is 5.91. The van der Waals surface area contributed by atoms with Gasteiger partial charge in [-0.2, -0.15) is 0 Å². The molecule has 0 saturated heterocycles. The summed E-state index contributed by atoms with van der Waals surface area (Å²) in [7, 11) is 0. The highest BCUT2D eigenvalue weighted by Gasteiger charge is 2.11. The van der Waals surface area contributed by atoms with E-state index < -0.39 is 0 Å². The Balaban J connectivity index is 2.78. The Morgan fingerprint density at radius 1 is 1.35 bits per heavy atom. The number of benzene rings is 1. The Hall–Kier alpha value is -1.64. The van der Waals surface area contributed by atoms with Crippen LogP contribution in [0, 0.1) is 5.82 Å². The molecule has 2 aromatic rings. The lowest BCUT2D eigenvalue weighted by molar-refractivity contribution is 0.619. The molecule has 1 N–H and O–H groups in total. The molecular weight excluding hydrogens is 217 g/mol. The van der Waals surface area contributed by atoms with Crippen LogP contribution in [0.4, 0.5) is 4.39 Å². The summed E-state index contributed by atoms with van der Waals surface area (Å²) >= 11 is 0. The Morgan fingerprint density at radius 2 is 2.06 bits per heavy atom. The number of aromatic amines is 1. The zero-order chi connectivity index (χ0) is 12.6. The fraction of sp³-hybridized carbons (Fsp3) is 0.357. The van der Waals surface area contributed by atoms with Crippen molar-refractivity contribution < 1.29 is 4.39 Å². The highest BCUT2D eigenvalue weighted by molar-refractivity contribution is 5.80. The highest BCUT2D eigenvalue weighted by Crippen LogP contribution is 2.22. The van der Waals surface area contributed by atoms with E-state index in [1.54, 1.807) is 13.0 Å². The number of nitrogens with one attached hydrogen (secondary N) is 1. The summed E-state index contributed by atoms with van der Waals surface area (Å²) < 4.78 is 14.0. The van der Waals surface area contributed by atoms with Crippen molar-refractivity contribution in [3.05, 3.63) is 45.5 Å². The number of aromatic nitrogens is 1. The third-order valence-electron chi connectivity index (χ3n) is 3.09. The quantitative estimate of drug-likeness (QED) is 0.847. The third-order valence-corrected chi connectivity index (χ3v) is 3.09. The van der Waals surface area contributed by atoms with Gasteiger partial charge in [-0.05, 0) is 30.0 Å². The smallest absolute Gasteiger partial charge is 0.254 e. The molecule has 17 heavy (non-hydrogen) atoms. The molecule has 0 amide bonds. The van der Waals surface area contributed by atoms with Crippen LogP contribution in [0.15, 0.2) is 23.0 Å². The lowest BCUT2D eigenvalue weighted by atomic mass is 10.0. The molecule has 1 heterocycles. The fourth-order valence-corrected chi connectivity index (χ4v) is 1.99. The largest absolute Gasteiger partial charge is 0.322 e. The zero-order valence-corrected chi connectivity index (χ0v) is 10.3. The van der Waals surface area contributed by atoms with Crippen molar-refractivity contribution in [2.75, 3.05) is 0 Å². The van der Waals surface area contributed by atoms with Crippen molar-refractivity contribution in [3.63, 3.8) is 0 Å². The molecule has 0 spiro atoms. The molecule has 0 saturated carbocycles. The van der Waals surface area contributed by atoms with Crippen molar-refractivity contribution in [1.29, 1.82) is 0 Å². The predicted molar refractivity (Wildman–Crippen MR) is 68.0 cm³/mol. The van der Waals surface area contributed by atoms with E-state index in [2.05, 4.69) is 18.8 Å². The van der Waals surface area contributed by atoms with Crippen LogP contribution in [-0.4, -0.2) is 4.98 Å². The van der Waals surface area contributed by atoms with Gasteiger partial charge in [0.25, 0.3) is 5.56 Å². The maximum Gasteiger partial charge on any atom is 0.254 e. The first-order valence-electron chi connectivity index (χ1n) is 5.89. The summed E-state index contributed by atoms with van der Waals surface area (Å²) in [5.41, 5.74) is 1.58. The second-order valence-corrected chi connectivity index (χ2v) is 4.56. The first-order valence-corrected chi connectivity index (χ1v) is 5.89. The van der Waals surface area contributed by atoms with Crippen LogP contribution >= 0.6 is 0 Å². The van der Waals surface area contributed by atoms with Crippen molar-refractivity contribution in [1.82, 2.24) is 4.98 Å². The molecule has 3 heteroatoms. The lowest BCUT2D eigenvalue weighted by Crippen LogP contribution is -2.14. The molecule has 0 aliphatic heterocycles. The second kappa shape index (κ2) is 4.32. The molecule has 1 aromatic heterocycles. The maximum absolute atomic E-state index is 14.0. The van der Waals surface area contributed by atoms with E-state index in [1.165, 1.54) is 0 Å². The Bertz CT molecular complexity index is 613. The molecule has 90 valence electrons. The summed E-state index contributed by atoms with van der Waals surface area (Å²) in [5.74, 6) is -0.0293. The number of halogens is 1. The van der Waals surface area contributed by atoms with Crippen molar-refractivity contribution in [2.24, 2.45) is 0 Å². The monoisotopic (exact) mass is 233 g/mol. The van der Waals surface area contributed by atoms with Gasteiger partial charge in [-0.3, -0.25) is 4.79 Å². The predicted octanol–water partition coefficient (Wildman–Crippen LogP) is 3.35. The van der Waals surface area contributed by atoms with Gasteiger partial charge >= 0.3 is 0 Å². The van der Waals surface area contributed by atoms with Crippen LogP contribution in [0.2, 0.25) is 0 Å². The van der Waals surface area contributed by atoms with Gasteiger partial charge in [-0.1, -0.05) is 26.8 Å². The van der Waals surface area contributed by atoms with Gasteiger partial charge in [0.05, 0.1) is 11.1 Å². The van der Waals surface area contributed by atoms with Gasteiger partial charge in [-0.15, -0.1) is 0 Å². The summed E-state index contributed by atoms with van der Waals surface area (Å²) in [4.78, 5) is 14.4. The average Bonchev–Trinajstić information content (AvgIpc) is 2.28. The average molecular weight is 233 g/mol. The normalized spacial score (nSPS) is 11.4. The van der Waals surface area contributed by atoms with E-state index in [9.17, 15) is 9.18 Å². The number of H-pyrrole nitrogens is 1. The minimum absolute atomic E-state index is 0.231. The summed E-state index contributed by atoms with van der Waals surface area (Å²) in [6.07, 6.45) is 0.406. The number of rotatable bonds is 2. The van der Waals surface area contributed by atoms with E-state index in [1.807, 2.05) is 12.1 Å². The van der Waals surface area contributed by atoms with Crippen LogP contribution in [0.3, 0.4) is 0 Å². The van der Waals surface area contributed by atoms with E-state index in [-0.39, 0.29) is 16.9 Å². The minimum atomic E-state index is -0.387. The van der Waals surface area contributed by atoms with Crippen LogP contribution in [0.1, 0.15) is 37.8 Å². The molecule has 0 bridgehead atoms. The van der Waals surface area contributed by atoms with Gasteiger partial charge in [-0.25, -0.2) is 4.39 Å².